The number of amides is 1. The highest BCUT2D eigenvalue weighted by atomic mass is 16.2. The molecular formula is C19H27N7O. The van der Waals surface area contributed by atoms with Crippen LogP contribution in [-0.2, 0) is 13.1 Å². The molecule has 3 aromatic rings. The molecule has 0 saturated heterocycles. The molecule has 3 rings (SSSR count). The quantitative estimate of drug-likeness (QED) is 0.693. The van der Waals surface area contributed by atoms with E-state index in [2.05, 4.69) is 38.7 Å². The summed E-state index contributed by atoms with van der Waals surface area (Å²) < 4.78 is 3.99. The summed E-state index contributed by atoms with van der Waals surface area (Å²) in [6.45, 7) is 10.0. The molecule has 0 bridgehead atoms. The zero-order chi connectivity index (χ0) is 19.6. The maximum Gasteiger partial charge on any atom is 0.274 e. The van der Waals surface area contributed by atoms with Gasteiger partial charge in [-0.05, 0) is 26.0 Å². The van der Waals surface area contributed by atoms with Crippen LogP contribution in [0.25, 0.3) is 0 Å². The molecule has 0 aromatic carbocycles. The second kappa shape index (κ2) is 7.77. The van der Waals surface area contributed by atoms with Gasteiger partial charge >= 0.3 is 0 Å². The maximum absolute atomic E-state index is 12.6. The molecule has 0 aliphatic carbocycles. The highest BCUT2D eigenvalue weighted by Gasteiger charge is 2.17. The largest absolute Gasteiger partial charge is 0.338 e. The molecule has 3 aromatic heterocycles. The Bertz CT molecular complexity index is 918. The van der Waals surface area contributed by atoms with E-state index in [1.165, 1.54) is 0 Å². The van der Waals surface area contributed by atoms with Crippen LogP contribution in [0.15, 0.2) is 24.5 Å². The lowest BCUT2D eigenvalue weighted by Gasteiger charge is -2.16. The normalized spacial score (nSPS) is 11.3. The minimum atomic E-state index is -0.103. The Kier molecular flexibility index (Phi) is 5.43. The van der Waals surface area contributed by atoms with Crippen LogP contribution < -0.4 is 0 Å². The summed E-state index contributed by atoms with van der Waals surface area (Å²) >= 11 is 0. The summed E-state index contributed by atoms with van der Waals surface area (Å²) in [6, 6.07) is 3.84. The number of hydrogen-bond donors (Lipinski definition) is 1. The summed E-state index contributed by atoms with van der Waals surface area (Å²) in [4.78, 5) is 18.7. The lowest BCUT2D eigenvalue weighted by Crippen LogP contribution is -2.30. The van der Waals surface area contributed by atoms with E-state index < -0.39 is 0 Å². The van der Waals surface area contributed by atoms with Crippen LogP contribution in [0.3, 0.4) is 0 Å². The zero-order valence-electron chi connectivity index (χ0n) is 16.6. The second-order valence-electron chi connectivity index (χ2n) is 7.22. The molecule has 27 heavy (non-hydrogen) atoms. The van der Waals surface area contributed by atoms with Gasteiger partial charge in [0, 0.05) is 37.6 Å². The van der Waals surface area contributed by atoms with Crippen LogP contribution in [0, 0.1) is 13.8 Å². The topological polar surface area (TPSA) is 84.6 Å². The highest BCUT2D eigenvalue weighted by Crippen LogP contribution is 2.14. The number of aromatic amines is 1. The Balaban J connectivity index is 1.62. The zero-order valence-corrected chi connectivity index (χ0v) is 16.6. The van der Waals surface area contributed by atoms with E-state index in [1.807, 2.05) is 36.9 Å². The standard InChI is InChI=1S/C19H27N7O/c1-13(2)18-20-6-7-25(18)12-16-11-17(22-21-16)19(27)24(5)8-9-26-15(4)10-14(3)23-26/h6-7,10-11,13H,8-9,12H2,1-5H3,(H,21,22). The van der Waals surface area contributed by atoms with Gasteiger partial charge in [-0.2, -0.15) is 10.2 Å². The van der Waals surface area contributed by atoms with Gasteiger partial charge in [0.25, 0.3) is 5.91 Å². The number of aromatic nitrogens is 6. The third-order valence-electron chi connectivity index (χ3n) is 4.55. The summed E-state index contributed by atoms with van der Waals surface area (Å²) in [5.74, 6) is 1.25. The smallest absolute Gasteiger partial charge is 0.274 e. The van der Waals surface area contributed by atoms with Gasteiger partial charge in [0.05, 0.1) is 24.5 Å². The van der Waals surface area contributed by atoms with Crippen molar-refractivity contribution in [3.05, 3.63) is 53.1 Å². The van der Waals surface area contributed by atoms with E-state index in [9.17, 15) is 4.79 Å². The van der Waals surface area contributed by atoms with Crippen molar-refractivity contribution < 1.29 is 4.79 Å². The van der Waals surface area contributed by atoms with Crippen molar-refractivity contribution in [2.75, 3.05) is 13.6 Å². The molecule has 1 N–H and O–H groups in total. The average molecular weight is 369 g/mol. The molecule has 0 spiro atoms. The molecule has 0 aliphatic rings. The van der Waals surface area contributed by atoms with Gasteiger partial charge in [0.2, 0.25) is 0 Å². The van der Waals surface area contributed by atoms with E-state index in [0.29, 0.717) is 31.2 Å². The number of H-pyrrole nitrogens is 1. The first-order valence-corrected chi connectivity index (χ1v) is 9.17. The Morgan fingerprint density at radius 3 is 2.74 bits per heavy atom. The number of carbonyl (C=O) groups is 1. The minimum Gasteiger partial charge on any atom is -0.338 e. The number of aryl methyl sites for hydroxylation is 2. The first-order valence-electron chi connectivity index (χ1n) is 9.17. The number of hydrogen-bond acceptors (Lipinski definition) is 4. The van der Waals surface area contributed by atoms with Crippen LogP contribution in [0.4, 0.5) is 0 Å². The first-order chi connectivity index (χ1) is 12.8. The van der Waals surface area contributed by atoms with Crippen LogP contribution in [0.5, 0.6) is 0 Å². The van der Waals surface area contributed by atoms with E-state index in [-0.39, 0.29) is 5.91 Å². The summed E-state index contributed by atoms with van der Waals surface area (Å²) in [5, 5.41) is 11.6. The lowest BCUT2D eigenvalue weighted by molar-refractivity contribution is 0.0783. The summed E-state index contributed by atoms with van der Waals surface area (Å²) in [5.41, 5.74) is 3.38. The van der Waals surface area contributed by atoms with Gasteiger partial charge in [-0.25, -0.2) is 4.98 Å². The van der Waals surface area contributed by atoms with Gasteiger partial charge in [0.15, 0.2) is 0 Å². The fraction of sp³-hybridized carbons (Fsp3) is 0.474. The average Bonchev–Trinajstić information content (AvgIpc) is 3.33. The number of nitrogens with one attached hydrogen (secondary N) is 1. The number of carbonyl (C=O) groups excluding carboxylic acids is 1. The Labute approximate surface area is 159 Å². The monoisotopic (exact) mass is 369 g/mol. The minimum absolute atomic E-state index is 0.103. The summed E-state index contributed by atoms with van der Waals surface area (Å²) in [6.07, 6.45) is 3.74. The number of rotatable bonds is 7. The molecule has 0 fully saturated rings. The highest BCUT2D eigenvalue weighted by molar-refractivity contribution is 5.92. The third-order valence-corrected chi connectivity index (χ3v) is 4.55. The van der Waals surface area contributed by atoms with Crippen LogP contribution in [0.2, 0.25) is 0 Å². The molecule has 144 valence electrons. The Morgan fingerprint density at radius 2 is 2.07 bits per heavy atom. The predicted octanol–water partition coefficient (Wildman–Crippen LogP) is 2.36. The fourth-order valence-corrected chi connectivity index (χ4v) is 3.13. The van der Waals surface area contributed by atoms with Crippen LogP contribution in [0.1, 0.15) is 53.2 Å². The summed E-state index contributed by atoms with van der Waals surface area (Å²) in [7, 11) is 1.79. The van der Waals surface area contributed by atoms with Crippen molar-refractivity contribution in [1.82, 2.24) is 34.4 Å². The molecule has 8 nitrogen and oxygen atoms in total. The van der Waals surface area contributed by atoms with E-state index in [0.717, 1.165) is 22.9 Å². The van der Waals surface area contributed by atoms with Crippen molar-refractivity contribution >= 4 is 5.91 Å². The molecule has 1 amide bonds. The van der Waals surface area contributed by atoms with Gasteiger partial charge in [-0.1, -0.05) is 13.8 Å². The van der Waals surface area contributed by atoms with Crippen molar-refractivity contribution in [2.24, 2.45) is 0 Å². The van der Waals surface area contributed by atoms with E-state index in [4.69, 9.17) is 0 Å². The van der Waals surface area contributed by atoms with Crippen molar-refractivity contribution in [3.8, 4) is 0 Å². The van der Waals surface area contributed by atoms with Crippen molar-refractivity contribution in [1.29, 1.82) is 0 Å². The van der Waals surface area contributed by atoms with E-state index >= 15 is 0 Å². The maximum atomic E-state index is 12.6. The lowest BCUT2D eigenvalue weighted by atomic mass is 10.2. The van der Waals surface area contributed by atoms with Gasteiger partial charge in [-0.15, -0.1) is 0 Å². The number of nitrogens with zero attached hydrogens (tertiary/aromatic N) is 6. The van der Waals surface area contributed by atoms with Crippen molar-refractivity contribution in [2.45, 2.75) is 46.7 Å². The molecule has 0 unspecified atom stereocenters. The molecule has 3 heterocycles. The van der Waals surface area contributed by atoms with Crippen molar-refractivity contribution in [3.63, 3.8) is 0 Å². The molecule has 0 aliphatic heterocycles. The first kappa shape index (κ1) is 18.9. The molecule has 0 saturated carbocycles. The Morgan fingerprint density at radius 1 is 1.30 bits per heavy atom. The van der Waals surface area contributed by atoms with Crippen LogP contribution >= 0.6 is 0 Å². The molecular weight excluding hydrogens is 342 g/mol. The second-order valence-corrected chi connectivity index (χ2v) is 7.22. The van der Waals surface area contributed by atoms with Gasteiger partial charge in [-0.3, -0.25) is 14.6 Å². The van der Waals surface area contributed by atoms with Crippen LogP contribution in [-0.4, -0.2) is 53.9 Å². The fourth-order valence-electron chi connectivity index (χ4n) is 3.13. The molecule has 8 heteroatoms. The van der Waals surface area contributed by atoms with E-state index in [1.54, 1.807) is 18.1 Å². The van der Waals surface area contributed by atoms with Gasteiger partial charge in [0.1, 0.15) is 11.5 Å². The number of imidazole rings is 1. The molecule has 0 atom stereocenters. The third kappa shape index (κ3) is 4.27. The molecule has 0 radical (unpaired) electrons. The van der Waals surface area contributed by atoms with Gasteiger partial charge < -0.3 is 9.47 Å². The number of likely N-dealkylation sites (N-methyl/N-ethyl adjacent to an activating group) is 1. The Hall–Kier alpha value is -2.90. The predicted molar refractivity (Wildman–Crippen MR) is 103 cm³/mol. The SMILES string of the molecule is Cc1cc(C)n(CCN(C)C(=O)c2cc(Cn3ccnc3C(C)C)[nH]n2)n1.